The molecule has 0 amide bonds. The molecule has 116 valence electrons. The summed E-state index contributed by atoms with van der Waals surface area (Å²) in [4.78, 5) is 11.6. The predicted octanol–water partition coefficient (Wildman–Crippen LogP) is 3.84. The monoisotopic (exact) mass is 300 g/mol. The Balaban J connectivity index is 2.15. The van der Waals surface area contributed by atoms with Crippen molar-refractivity contribution in [2.75, 3.05) is 13.7 Å². The minimum atomic E-state index is -0.393. The van der Waals surface area contributed by atoms with Crippen molar-refractivity contribution in [3.05, 3.63) is 59.7 Å². The van der Waals surface area contributed by atoms with Crippen molar-refractivity contribution in [3.63, 3.8) is 0 Å². The lowest BCUT2D eigenvalue weighted by atomic mass is 10.2. The number of carbonyl (C=O) groups is 1. The van der Waals surface area contributed by atoms with Gasteiger partial charge in [-0.3, -0.25) is 0 Å². The highest BCUT2D eigenvalue weighted by molar-refractivity contribution is 5.90. The summed E-state index contributed by atoms with van der Waals surface area (Å²) >= 11 is 0. The normalized spacial score (nSPS) is 10.1. The van der Waals surface area contributed by atoms with Crippen LogP contribution in [0.15, 0.2) is 48.5 Å². The van der Waals surface area contributed by atoms with Crippen molar-refractivity contribution in [2.24, 2.45) is 0 Å². The van der Waals surface area contributed by atoms with Crippen LogP contribution in [0.3, 0.4) is 0 Å². The molecular weight excluding hydrogens is 280 g/mol. The molecule has 0 radical (unpaired) electrons. The zero-order chi connectivity index (χ0) is 15.8. The second-order valence-corrected chi connectivity index (χ2v) is 4.78. The van der Waals surface area contributed by atoms with Gasteiger partial charge in [0, 0.05) is 0 Å². The lowest BCUT2D eigenvalue weighted by Gasteiger charge is -2.13. The van der Waals surface area contributed by atoms with Crippen LogP contribution in [-0.4, -0.2) is 19.7 Å². The van der Waals surface area contributed by atoms with Crippen LogP contribution in [0.4, 0.5) is 0 Å². The van der Waals surface area contributed by atoms with Crippen LogP contribution in [0, 0.1) is 0 Å². The topological polar surface area (TPSA) is 44.8 Å². The molecule has 0 spiro atoms. The van der Waals surface area contributed by atoms with E-state index in [4.69, 9.17) is 14.2 Å². The molecule has 0 aromatic heterocycles. The third-order valence-electron chi connectivity index (χ3n) is 3.06. The number of hydrogen-bond acceptors (Lipinski definition) is 4. The van der Waals surface area contributed by atoms with Crippen molar-refractivity contribution < 1.29 is 19.0 Å². The third-order valence-corrected chi connectivity index (χ3v) is 3.06. The Morgan fingerprint density at radius 1 is 1.00 bits per heavy atom. The fourth-order valence-corrected chi connectivity index (χ4v) is 1.93. The van der Waals surface area contributed by atoms with E-state index in [-0.39, 0.29) is 0 Å². The maximum Gasteiger partial charge on any atom is 0.337 e. The zero-order valence-corrected chi connectivity index (χ0v) is 12.9. The Morgan fingerprint density at radius 3 is 2.45 bits per heavy atom. The maximum atomic E-state index is 11.6. The maximum absolute atomic E-state index is 11.6. The van der Waals surface area contributed by atoms with Crippen LogP contribution < -0.4 is 9.47 Å². The molecule has 2 aromatic carbocycles. The van der Waals surface area contributed by atoms with Gasteiger partial charge >= 0.3 is 5.97 Å². The van der Waals surface area contributed by atoms with Gasteiger partial charge in [0.15, 0.2) is 11.5 Å². The average molecular weight is 300 g/mol. The van der Waals surface area contributed by atoms with Crippen molar-refractivity contribution in [1.29, 1.82) is 0 Å². The molecular formula is C18H20O4. The number of carbonyl (C=O) groups excluding carboxylic acids is 1. The van der Waals surface area contributed by atoms with Crippen LogP contribution in [0.25, 0.3) is 0 Å². The van der Waals surface area contributed by atoms with Gasteiger partial charge in [-0.2, -0.15) is 0 Å². The van der Waals surface area contributed by atoms with Crippen molar-refractivity contribution >= 4 is 5.97 Å². The van der Waals surface area contributed by atoms with Crippen LogP contribution in [-0.2, 0) is 11.3 Å². The van der Waals surface area contributed by atoms with Crippen LogP contribution >= 0.6 is 0 Å². The number of hydrogen-bond donors (Lipinski definition) is 0. The summed E-state index contributed by atoms with van der Waals surface area (Å²) in [7, 11) is 1.36. The van der Waals surface area contributed by atoms with Gasteiger partial charge in [-0.05, 0) is 30.2 Å². The molecule has 4 heteroatoms. The van der Waals surface area contributed by atoms with Gasteiger partial charge in [0.05, 0.1) is 19.3 Å². The molecule has 0 saturated carbocycles. The van der Waals surface area contributed by atoms with E-state index in [9.17, 15) is 4.79 Å². The van der Waals surface area contributed by atoms with Gasteiger partial charge in [0.25, 0.3) is 0 Å². The SMILES string of the molecule is CCCOc1cc(C(=O)OC)ccc1OCc1ccccc1. The highest BCUT2D eigenvalue weighted by Crippen LogP contribution is 2.29. The van der Waals surface area contributed by atoms with Crippen molar-refractivity contribution in [3.8, 4) is 11.5 Å². The quantitative estimate of drug-likeness (QED) is 0.729. The molecule has 0 atom stereocenters. The first-order valence-electron chi connectivity index (χ1n) is 7.26. The molecule has 0 fully saturated rings. The van der Waals surface area contributed by atoms with Gasteiger partial charge in [0.1, 0.15) is 6.61 Å². The summed E-state index contributed by atoms with van der Waals surface area (Å²) in [6.07, 6.45) is 0.876. The standard InChI is InChI=1S/C18H20O4/c1-3-11-21-17-12-15(18(19)20-2)9-10-16(17)22-13-14-7-5-4-6-8-14/h4-10,12H,3,11,13H2,1-2H3. The third kappa shape index (κ3) is 4.25. The van der Waals surface area contributed by atoms with E-state index in [1.165, 1.54) is 7.11 Å². The molecule has 0 bridgehead atoms. The fourth-order valence-electron chi connectivity index (χ4n) is 1.93. The Hall–Kier alpha value is -2.49. The molecule has 0 N–H and O–H groups in total. The van der Waals surface area contributed by atoms with Gasteiger partial charge < -0.3 is 14.2 Å². The smallest absolute Gasteiger partial charge is 0.337 e. The molecule has 0 aliphatic rings. The molecule has 2 rings (SSSR count). The summed E-state index contributed by atoms with van der Waals surface area (Å²) in [6.45, 7) is 3.03. The fraction of sp³-hybridized carbons (Fsp3) is 0.278. The van der Waals surface area contributed by atoms with Crippen molar-refractivity contribution in [1.82, 2.24) is 0 Å². The molecule has 0 aliphatic carbocycles. The molecule has 22 heavy (non-hydrogen) atoms. The Labute approximate surface area is 130 Å². The van der Waals surface area contributed by atoms with Gasteiger partial charge in [-0.15, -0.1) is 0 Å². The number of methoxy groups -OCH3 is 1. The number of rotatable bonds is 7. The first kappa shape index (κ1) is 15.9. The number of esters is 1. The zero-order valence-electron chi connectivity index (χ0n) is 12.9. The molecule has 4 nitrogen and oxygen atoms in total. The van der Waals surface area contributed by atoms with E-state index >= 15 is 0 Å². The average Bonchev–Trinajstić information content (AvgIpc) is 2.58. The molecule has 2 aromatic rings. The van der Waals surface area contributed by atoms with Crippen LogP contribution in [0.5, 0.6) is 11.5 Å². The van der Waals surface area contributed by atoms with Crippen LogP contribution in [0.1, 0.15) is 29.3 Å². The molecule has 0 aliphatic heterocycles. The summed E-state index contributed by atoms with van der Waals surface area (Å²) in [6, 6.07) is 14.9. The molecule has 0 unspecified atom stereocenters. The highest BCUT2D eigenvalue weighted by atomic mass is 16.5. The summed E-state index contributed by atoms with van der Waals surface area (Å²) in [5, 5.41) is 0. The Morgan fingerprint density at radius 2 is 1.77 bits per heavy atom. The van der Waals surface area contributed by atoms with Gasteiger partial charge in [-0.25, -0.2) is 4.79 Å². The van der Waals surface area contributed by atoms with Gasteiger partial charge in [0.2, 0.25) is 0 Å². The summed E-state index contributed by atoms with van der Waals surface area (Å²) in [5.74, 6) is 0.779. The first-order chi connectivity index (χ1) is 10.7. The van der Waals surface area contributed by atoms with E-state index in [1.807, 2.05) is 37.3 Å². The van der Waals surface area contributed by atoms with Crippen LogP contribution in [0.2, 0.25) is 0 Å². The lowest BCUT2D eigenvalue weighted by Crippen LogP contribution is -2.05. The largest absolute Gasteiger partial charge is 0.490 e. The predicted molar refractivity (Wildman–Crippen MR) is 84.3 cm³/mol. The molecule has 0 heterocycles. The second-order valence-electron chi connectivity index (χ2n) is 4.78. The summed E-state index contributed by atoms with van der Waals surface area (Å²) in [5.41, 5.74) is 1.52. The summed E-state index contributed by atoms with van der Waals surface area (Å²) < 4.78 is 16.2. The highest BCUT2D eigenvalue weighted by Gasteiger charge is 2.12. The van der Waals surface area contributed by atoms with E-state index in [2.05, 4.69) is 0 Å². The minimum Gasteiger partial charge on any atom is -0.490 e. The number of ether oxygens (including phenoxy) is 3. The van der Waals surface area contributed by atoms with E-state index < -0.39 is 5.97 Å². The minimum absolute atomic E-state index is 0.393. The molecule has 0 saturated heterocycles. The lowest BCUT2D eigenvalue weighted by molar-refractivity contribution is 0.0600. The second kappa shape index (κ2) is 8.08. The first-order valence-corrected chi connectivity index (χ1v) is 7.26. The van der Waals surface area contributed by atoms with Gasteiger partial charge in [-0.1, -0.05) is 37.3 Å². The Bertz CT molecular complexity index is 608. The van der Waals surface area contributed by atoms with Crippen molar-refractivity contribution in [2.45, 2.75) is 20.0 Å². The number of benzene rings is 2. The van der Waals surface area contributed by atoms with E-state index in [0.29, 0.717) is 30.3 Å². The van der Waals surface area contributed by atoms with E-state index in [0.717, 1.165) is 12.0 Å². The van der Waals surface area contributed by atoms with E-state index in [1.54, 1.807) is 18.2 Å². The Kier molecular flexibility index (Phi) is 5.83.